The molecule has 0 radical (unpaired) electrons. The van der Waals surface area contributed by atoms with Crippen LogP contribution in [-0.4, -0.2) is 18.5 Å². The van der Waals surface area contributed by atoms with Gasteiger partial charge in [0.2, 0.25) is 0 Å². The third-order valence-electron chi connectivity index (χ3n) is 2.96. The van der Waals surface area contributed by atoms with E-state index in [0.717, 1.165) is 0 Å². The number of ketones is 1. The maximum atomic E-state index is 14.1. The van der Waals surface area contributed by atoms with Crippen LogP contribution in [0.25, 0.3) is 0 Å². The van der Waals surface area contributed by atoms with Crippen LogP contribution in [0.2, 0.25) is 0 Å². The molecule has 17 heavy (non-hydrogen) atoms. The highest BCUT2D eigenvalue weighted by Crippen LogP contribution is 2.45. The molecule has 0 aromatic carbocycles. The summed E-state index contributed by atoms with van der Waals surface area (Å²) in [6, 6.07) is 0. The molecule has 0 fully saturated rings. The Kier molecular flexibility index (Phi) is 4.28. The highest BCUT2D eigenvalue weighted by Gasteiger charge is 2.44. The first-order valence-electron chi connectivity index (χ1n) is 5.42. The van der Waals surface area contributed by atoms with Crippen LogP contribution in [0.15, 0.2) is 35.2 Å². The van der Waals surface area contributed by atoms with Crippen molar-refractivity contribution in [3.05, 3.63) is 35.2 Å². The van der Waals surface area contributed by atoms with E-state index in [9.17, 15) is 9.18 Å². The molecule has 0 aromatic heterocycles. The minimum absolute atomic E-state index is 0.0615. The average molecular weight is 259 g/mol. The van der Waals surface area contributed by atoms with E-state index in [0.29, 0.717) is 12.2 Å². The molecule has 0 spiro atoms. The van der Waals surface area contributed by atoms with Crippen LogP contribution < -0.4 is 0 Å². The van der Waals surface area contributed by atoms with Gasteiger partial charge in [0.1, 0.15) is 11.9 Å². The van der Waals surface area contributed by atoms with Crippen molar-refractivity contribution in [2.45, 2.75) is 26.9 Å². The van der Waals surface area contributed by atoms with E-state index in [1.807, 2.05) is 0 Å². The average Bonchev–Trinajstić information content (AvgIpc) is 2.29. The Balaban J connectivity index is 3.36. The molecule has 0 aliphatic heterocycles. The molecule has 4 heteroatoms. The first-order valence-corrected chi connectivity index (χ1v) is 5.79. The smallest absolute Gasteiger partial charge is 0.158 e. The number of Topliss-reactive ketones (excluding diaryl/α,β-unsaturated/α-hetero) is 1. The van der Waals surface area contributed by atoms with Crippen LogP contribution in [0.1, 0.15) is 20.8 Å². The normalized spacial score (nSPS) is 29.0. The Labute approximate surface area is 106 Å². The van der Waals surface area contributed by atoms with Gasteiger partial charge < -0.3 is 4.74 Å². The topological polar surface area (TPSA) is 26.3 Å². The van der Waals surface area contributed by atoms with E-state index in [1.54, 1.807) is 13.8 Å². The number of allylic oxidation sites excluding steroid dienone is 2. The number of rotatable bonds is 4. The zero-order valence-electron chi connectivity index (χ0n) is 10.2. The quantitative estimate of drug-likeness (QED) is 0.721. The van der Waals surface area contributed by atoms with Gasteiger partial charge in [0.05, 0.1) is 10.4 Å². The number of carbonyl (C=O) groups is 1. The molecule has 0 heterocycles. The second-order valence-corrected chi connectivity index (χ2v) is 4.55. The van der Waals surface area contributed by atoms with Crippen LogP contribution in [0, 0.1) is 5.41 Å². The zero-order valence-corrected chi connectivity index (χ0v) is 11.0. The SMILES string of the molecule is C=CC1(C)C(F)=C(Cl)C=C(C(C)=O)C1OCC. The van der Waals surface area contributed by atoms with Gasteiger partial charge in [-0.1, -0.05) is 17.7 Å². The van der Waals surface area contributed by atoms with Crippen molar-refractivity contribution in [2.24, 2.45) is 5.41 Å². The first kappa shape index (κ1) is 14.1. The maximum absolute atomic E-state index is 14.1. The molecular weight excluding hydrogens is 243 g/mol. The molecule has 2 unspecified atom stereocenters. The van der Waals surface area contributed by atoms with Crippen molar-refractivity contribution in [3.63, 3.8) is 0 Å². The summed E-state index contributed by atoms with van der Waals surface area (Å²) < 4.78 is 19.6. The van der Waals surface area contributed by atoms with Gasteiger partial charge in [-0.05, 0) is 26.8 Å². The van der Waals surface area contributed by atoms with Crippen molar-refractivity contribution < 1.29 is 13.9 Å². The Bertz CT molecular complexity index is 412. The van der Waals surface area contributed by atoms with E-state index in [2.05, 4.69) is 6.58 Å². The predicted molar refractivity (Wildman–Crippen MR) is 66.5 cm³/mol. The summed E-state index contributed by atoms with van der Waals surface area (Å²) in [5, 5.41) is -0.0615. The monoisotopic (exact) mass is 258 g/mol. The molecule has 0 aromatic rings. The van der Waals surface area contributed by atoms with Gasteiger partial charge in [0.25, 0.3) is 0 Å². The minimum atomic E-state index is -1.09. The minimum Gasteiger partial charge on any atom is -0.372 e. The summed E-state index contributed by atoms with van der Waals surface area (Å²) in [4.78, 5) is 11.6. The van der Waals surface area contributed by atoms with Gasteiger partial charge in [-0.25, -0.2) is 4.39 Å². The number of carbonyl (C=O) groups excluding carboxylic acids is 1. The number of hydrogen-bond donors (Lipinski definition) is 0. The molecule has 2 nitrogen and oxygen atoms in total. The number of ether oxygens (including phenoxy) is 1. The standard InChI is InChI=1S/C13H16ClFO2/c1-5-13(4)11(15)10(14)7-9(8(3)16)12(13)17-6-2/h5,7,12H,1,6H2,2-4H3. The molecular formula is C13H16ClFO2. The van der Waals surface area contributed by atoms with Gasteiger partial charge >= 0.3 is 0 Å². The lowest BCUT2D eigenvalue weighted by molar-refractivity contribution is -0.115. The van der Waals surface area contributed by atoms with Crippen molar-refractivity contribution in [1.29, 1.82) is 0 Å². The fourth-order valence-corrected chi connectivity index (χ4v) is 2.20. The molecule has 0 N–H and O–H groups in total. The van der Waals surface area contributed by atoms with Crippen LogP contribution in [0.3, 0.4) is 0 Å². The molecule has 1 aliphatic carbocycles. The van der Waals surface area contributed by atoms with Crippen LogP contribution in [0.4, 0.5) is 4.39 Å². The summed E-state index contributed by atoms with van der Waals surface area (Å²) in [5.74, 6) is -0.695. The number of hydrogen-bond acceptors (Lipinski definition) is 2. The largest absolute Gasteiger partial charge is 0.372 e. The maximum Gasteiger partial charge on any atom is 0.158 e. The lowest BCUT2D eigenvalue weighted by Gasteiger charge is -2.37. The van der Waals surface area contributed by atoms with Crippen LogP contribution >= 0.6 is 11.6 Å². The Morgan fingerprint density at radius 1 is 1.76 bits per heavy atom. The van der Waals surface area contributed by atoms with Crippen molar-refractivity contribution in [2.75, 3.05) is 6.61 Å². The summed E-state index contributed by atoms with van der Waals surface area (Å²) >= 11 is 5.81. The van der Waals surface area contributed by atoms with Crippen molar-refractivity contribution in [3.8, 4) is 0 Å². The molecule has 0 saturated carbocycles. The lowest BCUT2D eigenvalue weighted by Crippen LogP contribution is -2.39. The van der Waals surface area contributed by atoms with Crippen LogP contribution in [0.5, 0.6) is 0 Å². The van der Waals surface area contributed by atoms with Crippen molar-refractivity contribution >= 4 is 17.4 Å². The molecule has 0 saturated heterocycles. The second-order valence-electron chi connectivity index (χ2n) is 4.14. The molecule has 1 rings (SSSR count). The molecule has 0 bridgehead atoms. The summed E-state index contributed by atoms with van der Waals surface area (Å²) in [7, 11) is 0. The zero-order chi connectivity index (χ0) is 13.2. The van der Waals surface area contributed by atoms with E-state index in [1.165, 1.54) is 19.1 Å². The third-order valence-corrected chi connectivity index (χ3v) is 3.23. The van der Waals surface area contributed by atoms with Crippen LogP contribution in [-0.2, 0) is 9.53 Å². The highest BCUT2D eigenvalue weighted by molar-refractivity contribution is 6.32. The first-order chi connectivity index (χ1) is 7.88. The van der Waals surface area contributed by atoms with E-state index >= 15 is 0 Å². The fraction of sp³-hybridized carbons (Fsp3) is 0.462. The summed E-state index contributed by atoms with van der Waals surface area (Å²) in [6.07, 6.45) is 2.09. The molecule has 0 amide bonds. The van der Waals surface area contributed by atoms with Gasteiger partial charge in [-0.2, -0.15) is 0 Å². The van der Waals surface area contributed by atoms with E-state index < -0.39 is 17.3 Å². The van der Waals surface area contributed by atoms with E-state index in [4.69, 9.17) is 16.3 Å². The lowest BCUT2D eigenvalue weighted by atomic mass is 9.75. The Morgan fingerprint density at radius 2 is 2.35 bits per heavy atom. The van der Waals surface area contributed by atoms with Gasteiger partial charge in [-0.15, -0.1) is 6.58 Å². The van der Waals surface area contributed by atoms with Gasteiger partial charge in [-0.3, -0.25) is 4.79 Å². The summed E-state index contributed by atoms with van der Waals surface area (Å²) in [6.45, 7) is 8.82. The molecule has 2 atom stereocenters. The molecule has 94 valence electrons. The Morgan fingerprint density at radius 3 is 2.76 bits per heavy atom. The molecule has 1 aliphatic rings. The highest BCUT2D eigenvalue weighted by atomic mass is 35.5. The predicted octanol–water partition coefficient (Wildman–Crippen LogP) is 3.53. The fourth-order valence-electron chi connectivity index (χ4n) is 1.88. The van der Waals surface area contributed by atoms with Crippen molar-refractivity contribution in [1.82, 2.24) is 0 Å². The van der Waals surface area contributed by atoms with E-state index in [-0.39, 0.29) is 10.8 Å². The Hall–Kier alpha value is -0.930. The number of halogens is 2. The van der Waals surface area contributed by atoms with Gasteiger partial charge in [0.15, 0.2) is 5.78 Å². The van der Waals surface area contributed by atoms with Gasteiger partial charge in [0, 0.05) is 12.2 Å². The third kappa shape index (κ3) is 2.35. The second kappa shape index (κ2) is 5.15. The summed E-state index contributed by atoms with van der Waals surface area (Å²) in [5.41, 5.74) is -0.719.